The van der Waals surface area contributed by atoms with Crippen LogP contribution in [-0.2, 0) is 14.9 Å². The molecule has 1 aliphatic carbocycles. The Bertz CT molecular complexity index is 456. The molecule has 1 saturated heterocycles. The molecular weight excluding hydrogens is 294 g/mol. The van der Waals surface area contributed by atoms with E-state index in [0.717, 1.165) is 38.8 Å². The van der Waals surface area contributed by atoms with Gasteiger partial charge in [-0.1, -0.05) is 0 Å². The Balaban J connectivity index is 1.97. The fraction of sp³-hybridized carbons (Fsp3) is 0.923. The molecule has 0 radical (unpaired) electrons. The Hall–Kier alpha value is -0.860. The molecule has 1 unspecified atom stereocenters. The number of hydrogen-bond acceptors (Lipinski definition) is 5. The number of nitrogens with zero attached hydrogens (tertiary/aromatic N) is 1. The molecule has 1 atom stereocenters. The van der Waals surface area contributed by atoms with Crippen LogP contribution in [0, 0.1) is 5.92 Å². The van der Waals surface area contributed by atoms with Crippen molar-refractivity contribution in [1.82, 2.24) is 14.3 Å². The quantitative estimate of drug-likeness (QED) is 0.757. The average molecular weight is 319 g/mol. The summed E-state index contributed by atoms with van der Waals surface area (Å²) < 4.78 is 33.1. The molecule has 0 bridgehead atoms. The van der Waals surface area contributed by atoms with Crippen molar-refractivity contribution in [1.29, 1.82) is 0 Å². The average Bonchev–Trinajstić information content (AvgIpc) is 3.19. The van der Waals surface area contributed by atoms with Crippen molar-refractivity contribution in [3.05, 3.63) is 0 Å². The zero-order valence-corrected chi connectivity index (χ0v) is 13.5. The van der Waals surface area contributed by atoms with Crippen LogP contribution in [0.4, 0.5) is 4.79 Å². The summed E-state index contributed by atoms with van der Waals surface area (Å²) in [5, 5.41) is 3.28. The van der Waals surface area contributed by atoms with Gasteiger partial charge in [-0.25, -0.2) is 9.52 Å². The van der Waals surface area contributed by atoms with E-state index in [9.17, 15) is 13.2 Å². The molecule has 1 amide bonds. The van der Waals surface area contributed by atoms with E-state index in [1.807, 2.05) is 4.72 Å². The van der Waals surface area contributed by atoms with Crippen molar-refractivity contribution in [2.45, 2.75) is 51.7 Å². The van der Waals surface area contributed by atoms with Gasteiger partial charge in [-0.3, -0.25) is 0 Å². The van der Waals surface area contributed by atoms with E-state index in [4.69, 9.17) is 4.74 Å². The minimum Gasteiger partial charge on any atom is -0.446 e. The molecule has 2 N–H and O–H groups in total. The third-order valence-electron chi connectivity index (χ3n) is 3.66. The summed E-state index contributed by atoms with van der Waals surface area (Å²) in [6.45, 7) is 5.64. The van der Waals surface area contributed by atoms with Gasteiger partial charge in [-0.2, -0.15) is 12.7 Å². The molecule has 122 valence electrons. The van der Waals surface area contributed by atoms with Crippen molar-refractivity contribution in [3.63, 3.8) is 0 Å². The van der Waals surface area contributed by atoms with Gasteiger partial charge in [0.25, 0.3) is 0 Å². The van der Waals surface area contributed by atoms with Crippen molar-refractivity contribution in [3.8, 4) is 0 Å². The lowest BCUT2D eigenvalue weighted by atomic mass is 10.00. The first kappa shape index (κ1) is 16.5. The molecule has 7 nitrogen and oxygen atoms in total. The molecule has 0 aromatic carbocycles. The summed E-state index contributed by atoms with van der Waals surface area (Å²) in [7, 11) is -3.82. The lowest BCUT2D eigenvalue weighted by molar-refractivity contribution is 0.120. The second-order valence-corrected chi connectivity index (χ2v) is 7.70. The van der Waals surface area contributed by atoms with Gasteiger partial charge >= 0.3 is 16.3 Å². The predicted molar refractivity (Wildman–Crippen MR) is 79.0 cm³/mol. The number of hydrogen-bond donors (Lipinski definition) is 2. The zero-order valence-electron chi connectivity index (χ0n) is 12.7. The van der Waals surface area contributed by atoms with Crippen LogP contribution >= 0.6 is 0 Å². The number of carbonyl (C=O) groups excluding carboxylic acids is 1. The maximum atomic E-state index is 12.4. The molecule has 1 saturated carbocycles. The molecule has 8 heteroatoms. The van der Waals surface area contributed by atoms with Gasteiger partial charge in [0.2, 0.25) is 0 Å². The fourth-order valence-corrected chi connectivity index (χ4v) is 3.93. The Morgan fingerprint density at radius 2 is 2.10 bits per heavy atom. The largest absolute Gasteiger partial charge is 0.446 e. The van der Waals surface area contributed by atoms with Gasteiger partial charge < -0.3 is 10.1 Å². The van der Waals surface area contributed by atoms with Gasteiger partial charge in [-0.05, 0) is 58.5 Å². The van der Waals surface area contributed by atoms with E-state index < -0.39 is 16.3 Å². The highest BCUT2D eigenvalue weighted by molar-refractivity contribution is 7.87. The van der Waals surface area contributed by atoms with Crippen LogP contribution in [0.15, 0.2) is 0 Å². The Labute approximate surface area is 126 Å². The molecule has 2 fully saturated rings. The molecule has 1 heterocycles. The highest BCUT2D eigenvalue weighted by atomic mass is 32.2. The molecule has 2 aliphatic rings. The molecule has 2 rings (SSSR count). The first-order chi connectivity index (χ1) is 9.88. The summed E-state index contributed by atoms with van der Waals surface area (Å²) in [4.78, 5) is 11.6. The first-order valence-electron chi connectivity index (χ1n) is 7.59. The summed E-state index contributed by atoms with van der Waals surface area (Å²) in [5.74, 6) is 0.303. The highest BCUT2D eigenvalue weighted by Gasteiger charge is 2.39. The maximum absolute atomic E-state index is 12.4. The smallest absolute Gasteiger partial charge is 0.422 e. The standard InChI is InChI=1S/C13H25N3O4S/c1-10(2)20-13(17)15-21(18,19)16(12-5-6-12)9-11-4-3-7-14-8-11/h10-12,14H,3-9H2,1-2H3,(H,15,17). The Morgan fingerprint density at radius 3 is 2.62 bits per heavy atom. The number of ether oxygens (including phenoxy) is 1. The summed E-state index contributed by atoms with van der Waals surface area (Å²) in [6, 6.07) is 0.0243. The monoisotopic (exact) mass is 319 g/mol. The Morgan fingerprint density at radius 1 is 1.38 bits per heavy atom. The third kappa shape index (κ3) is 5.12. The number of piperidine rings is 1. The van der Waals surface area contributed by atoms with Gasteiger partial charge in [-0.15, -0.1) is 0 Å². The first-order valence-corrected chi connectivity index (χ1v) is 9.03. The molecule has 21 heavy (non-hydrogen) atoms. The minimum absolute atomic E-state index is 0.0243. The van der Waals surface area contributed by atoms with Gasteiger partial charge in [0.05, 0.1) is 6.10 Å². The molecule has 0 aromatic heterocycles. The fourth-order valence-electron chi connectivity index (χ4n) is 2.54. The van der Waals surface area contributed by atoms with E-state index in [2.05, 4.69) is 5.32 Å². The summed E-state index contributed by atoms with van der Waals surface area (Å²) in [6.07, 6.45) is 2.55. The predicted octanol–water partition coefficient (Wildman–Crippen LogP) is 0.830. The van der Waals surface area contributed by atoms with Crippen molar-refractivity contribution >= 4 is 16.3 Å². The summed E-state index contributed by atoms with van der Waals surface area (Å²) >= 11 is 0. The number of carbonyl (C=O) groups is 1. The van der Waals surface area contributed by atoms with E-state index in [0.29, 0.717) is 12.5 Å². The molecule has 0 aromatic rings. The molecule has 1 aliphatic heterocycles. The third-order valence-corrected chi connectivity index (χ3v) is 5.14. The lowest BCUT2D eigenvalue weighted by Crippen LogP contribution is -2.48. The topological polar surface area (TPSA) is 87.7 Å². The number of amides is 1. The van der Waals surface area contributed by atoms with E-state index in [1.54, 1.807) is 13.8 Å². The van der Waals surface area contributed by atoms with Crippen molar-refractivity contribution in [2.24, 2.45) is 5.92 Å². The van der Waals surface area contributed by atoms with E-state index in [-0.39, 0.29) is 12.1 Å². The van der Waals surface area contributed by atoms with Crippen LogP contribution in [0.3, 0.4) is 0 Å². The van der Waals surface area contributed by atoms with Crippen LogP contribution in [-0.4, -0.2) is 50.6 Å². The van der Waals surface area contributed by atoms with Crippen molar-refractivity contribution in [2.75, 3.05) is 19.6 Å². The van der Waals surface area contributed by atoms with Crippen LogP contribution in [0.1, 0.15) is 39.5 Å². The van der Waals surface area contributed by atoms with Crippen LogP contribution < -0.4 is 10.0 Å². The zero-order chi connectivity index (χ0) is 15.5. The normalized spacial score (nSPS) is 23.3. The van der Waals surface area contributed by atoms with Crippen LogP contribution in [0.25, 0.3) is 0 Å². The van der Waals surface area contributed by atoms with Gasteiger partial charge in [0, 0.05) is 12.6 Å². The van der Waals surface area contributed by atoms with Crippen LogP contribution in [0.2, 0.25) is 0 Å². The second kappa shape index (κ2) is 6.93. The van der Waals surface area contributed by atoms with Gasteiger partial charge in [0.15, 0.2) is 0 Å². The summed E-state index contributed by atoms with van der Waals surface area (Å²) in [5.41, 5.74) is 0. The SMILES string of the molecule is CC(C)OC(=O)NS(=O)(=O)N(CC1CCCNC1)C1CC1. The van der Waals surface area contributed by atoms with Crippen LogP contribution in [0.5, 0.6) is 0 Å². The van der Waals surface area contributed by atoms with E-state index in [1.165, 1.54) is 4.31 Å². The lowest BCUT2D eigenvalue weighted by Gasteiger charge is -2.29. The Kier molecular flexibility index (Phi) is 5.45. The van der Waals surface area contributed by atoms with Crippen molar-refractivity contribution < 1.29 is 17.9 Å². The molecule has 0 spiro atoms. The van der Waals surface area contributed by atoms with E-state index >= 15 is 0 Å². The highest BCUT2D eigenvalue weighted by Crippen LogP contribution is 2.30. The maximum Gasteiger partial charge on any atom is 0.422 e. The molecular formula is C13H25N3O4S. The number of nitrogens with one attached hydrogen (secondary N) is 2. The second-order valence-electron chi connectivity index (χ2n) is 6.07. The van der Waals surface area contributed by atoms with Gasteiger partial charge in [0.1, 0.15) is 0 Å². The number of rotatable bonds is 6. The minimum atomic E-state index is -3.82.